The lowest BCUT2D eigenvalue weighted by molar-refractivity contribution is 0.808. The number of hydrogen-bond donors (Lipinski definition) is 1. The second-order valence-electron chi connectivity index (χ2n) is 3.37. The summed E-state index contributed by atoms with van der Waals surface area (Å²) in [6.45, 7) is 1.95. The van der Waals surface area contributed by atoms with Gasteiger partial charge in [0.2, 0.25) is 0 Å². The van der Waals surface area contributed by atoms with Crippen molar-refractivity contribution in [1.82, 2.24) is 15.0 Å². The van der Waals surface area contributed by atoms with E-state index in [0.29, 0.717) is 0 Å². The Balaban J connectivity index is 2.19. The van der Waals surface area contributed by atoms with E-state index >= 15 is 0 Å². The van der Waals surface area contributed by atoms with E-state index in [9.17, 15) is 0 Å². The number of rotatable bonds is 3. The Morgan fingerprint density at radius 3 is 2.75 bits per heavy atom. The highest BCUT2D eigenvalue weighted by molar-refractivity contribution is 7.99. The second kappa shape index (κ2) is 5.05. The molecular formula is C11H12N4S. The average Bonchev–Trinajstić information content (AvgIpc) is 2.30. The molecule has 0 amide bonds. The number of pyridine rings is 1. The highest BCUT2D eigenvalue weighted by Gasteiger charge is 2.03. The monoisotopic (exact) mass is 232 g/mol. The fourth-order valence-electron chi connectivity index (χ4n) is 1.21. The molecule has 4 nitrogen and oxygen atoms in total. The summed E-state index contributed by atoms with van der Waals surface area (Å²) in [6, 6.07) is 5.78. The van der Waals surface area contributed by atoms with Crippen molar-refractivity contribution in [2.45, 2.75) is 23.0 Å². The van der Waals surface area contributed by atoms with Crippen molar-refractivity contribution < 1.29 is 0 Å². The smallest absolute Gasteiger partial charge is 0.116 e. The Morgan fingerprint density at radius 2 is 2.06 bits per heavy atom. The third-order valence-electron chi connectivity index (χ3n) is 2.05. The Bertz CT molecular complexity index is 459. The first-order chi connectivity index (χ1) is 7.75. The molecule has 2 aromatic heterocycles. The van der Waals surface area contributed by atoms with Crippen molar-refractivity contribution in [3.63, 3.8) is 0 Å². The van der Waals surface area contributed by atoms with E-state index in [-0.39, 0.29) is 6.04 Å². The van der Waals surface area contributed by atoms with Gasteiger partial charge in [0.15, 0.2) is 0 Å². The van der Waals surface area contributed by atoms with Gasteiger partial charge >= 0.3 is 0 Å². The van der Waals surface area contributed by atoms with Crippen LogP contribution < -0.4 is 5.73 Å². The Morgan fingerprint density at radius 1 is 1.19 bits per heavy atom. The summed E-state index contributed by atoms with van der Waals surface area (Å²) in [5.74, 6) is 0. The predicted molar refractivity (Wildman–Crippen MR) is 63.0 cm³/mol. The van der Waals surface area contributed by atoms with Gasteiger partial charge in [-0.3, -0.25) is 0 Å². The van der Waals surface area contributed by atoms with Crippen LogP contribution in [0.3, 0.4) is 0 Å². The topological polar surface area (TPSA) is 64.7 Å². The van der Waals surface area contributed by atoms with Gasteiger partial charge in [-0.2, -0.15) is 0 Å². The first kappa shape index (κ1) is 11.0. The third kappa shape index (κ3) is 2.77. The van der Waals surface area contributed by atoms with Gasteiger partial charge in [-0.1, -0.05) is 0 Å². The molecule has 0 unspecified atom stereocenters. The van der Waals surface area contributed by atoms with Gasteiger partial charge in [0.05, 0.1) is 0 Å². The van der Waals surface area contributed by atoms with Crippen LogP contribution in [0.4, 0.5) is 0 Å². The van der Waals surface area contributed by atoms with Crippen LogP contribution in [0.2, 0.25) is 0 Å². The lowest BCUT2D eigenvalue weighted by Gasteiger charge is -2.06. The van der Waals surface area contributed by atoms with Crippen molar-refractivity contribution in [2.24, 2.45) is 5.73 Å². The standard InChI is InChI=1S/C11H12N4S/c1-8(12)9-2-5-14-11(6-9)16-10-3-4-13-7-15-10/h2-8H,12H2,1H3/t8-/m1/s1. The quantitative estimate of drug-likeness (QED) is 0.820. The minimum absolute atomic E-state index is 0.0211. The molecule has 1 atom stereocenters. The van der Waals surface area contributed by atoms with Crippen molar-refractivity contribution >= 4 is 11.8 Å². The van der Waals surface area contributed by atoms with Crippen LogP contribution >= 0.6 is 11.8 Å². The first-order valence-electron chi connectivity index (χ1n) is 4.91. The average molecular weight is 232 g/mol. The van der Waals surface area contributed by atoms with Crippen LogP contribution in [0.5, 0.6) is 0 Å². The minimum Gasteiger partial charge on any atom is -0.324 e. The summed E-state index contributed by atoms with van der Waals surface area (Å²) in [4.78, 5) is 12.3. The molecule has 0 bridgehead atoms. The third-order valence-corrected chi connectivity index (χ3v) is 2.93. The minimum atomic E-state index is 0.0211. The van der Waals surface area contributed by atoms with Gasteiger partial charge in [-0.25, -0.2) is 15.0 Å². The maximum Gasteiger partial charge on any atom is 0.116 e. The zero-order valence-electron chi connectivity index (χ0n) is 8.87. The molecule has 0 aliphatic rings. The zero-order valence-corrected chi connectivity index (χ0v) is 9.69. The molecule has 16 heavy (non-hydrogen) atoms. The lowest BCUT2D eigenvalue weighted by Crippen LogP contribution is -2.04. The molecule has 0 saturated heterocycles. The lowest BCUT2D eigenvalue weighted by atomic mass is 10.1. The molecule has 0 aromatic carbocycles. The largest absolute Gasteiger partial charge is 0.324 e. The highest BCUT2D eigenvalue weighted by Crippen LogP contribution is 2.24. The van der Waals surface area contributed by atoms with Gasteiger partial charge in [0.1, 0.15) is 16.4 Å². The van der Waals surface area contributed by atoms with E-state index in [1.807, 2.05) is 25.1 Å². The van der Waals surface area contributed by atoms with Gasteiger partial charge in [0, 0.05) is 18.4 Å². The molecule has 0 radical (unpaired) electrons. The molecule has 0 spiro atoms. The van der Waals surface area contributed by atoms with E-state index in [0.717, 1.165) is 15.6 Å². The van der Waals surface area contributed by atoms with E-state index < -0.39 is 0 Å². The van der Waals surface area contributed by atoms with Crippen LogP contribution in [-0.4, -0.2) is 15.0 Å². The molecule has 5 heteroatoms. The molecule has 0 saturated carbocycles. The number of hydrogen-bond acceptors (Lipinski definition) is 5. The Kier molecular flexibility index (Phi) is 3.48. The van der Waals surface area contributed by atoms with Crippen LogP contribution in [0.1, 0.15) is 18.5 Å². The van der Waals surface area contributed by atoms with Gasteiger partial charge in [-0.15, -0.1) is 0 Å². The van der Waals surface area contributed by atoms with Gasteiger partial charge < -0.3 is 5.73 Å². The predicted octanol–water partition coefficient (Wildman–Crippen LogP) is 2.04. The molecule has 0 aliphatic carbocycles. The maximum atomic E-state index is 5.81. The van der Waals surface area contributed by atoms with Gasteiger partial charge in [0.25, 0.3) is 0 Å². The van der Waals surface area contributed by atoms with Crippen LogP contribution in [0, 0.1) is 0 Å². The summed E-state index contributed by atoms with van der Waals surface area (Å²) >= 11 is 1.50. The van der Waals surface area contributed by atoms with E-state index in [1.54, 1.807) is 12.4 Å². The SMILES string of the molecule is C[C@@H](N)c1ccnc(Sc2ccncn2)c1. The Labute approximate surface area is 98.3 Å². The fraction of sp³-hybridized carbons (Fsp3) is 0.182. The molecule has 82 valence electrons. The summed E-state index contributed by atoms with van der Waals surface area (Å²) in [5.41, 5.74) is 6.89. The maximum absolute atomic E-state index is 5.81. The molecule has 2 heterocycles. The van der Waals surface area contributed by atoms with E-state index in [4.69, 9.17) is 5.73 Å². The van der Waals surface area contributed by atoms with Crippen LogP contribution in [0.15, 0.2) is 47.0 Å². The highest BCUT2D eigenvalue weighted by atomic mass is 32.2. The van der Waals surface area contributed by atoms with Crippen molar-refractivity contribution in [1.29, 1.82) is 0 Å². The number of aromatic nitrogens is 3. The summed E-state index contributed by atoms with van der Waals surface area (Å²) < 4.78 is 0. The number of nitrogens with two attached hydrogens (primary N) is 1. The summed E-state index contributed by atoms with van der Waals surface area (Å²) in [7, 11) is 0. The van der Waals surface area contributed by atoms with Crippen molar-refractivity contribution in [3.05, 3.63) is 42.5 Å². The van der Waals surface area contributed by atoms with Crippen molar-refractivity contribution in [3.8, 4) is 0 Å². The summed E-state index contributed by atoms with van der Waals surface area (Å²) in [6.07, 6.45) is 5.00. The molecule has 2 rings (SSSR count). The second-order valence-corrected chi connectivity index (χ2v) is 4.41. The normalized spacial score (nSPS) is 12.4. The molecule has 0 fully saturated rings. The van der Waals surface area contributed by atoms with E-state index in [2.05, 4.69) is 15.0 Å². The number of nitrogens with zero attached hydrogens (tertiary/aromatic N) is 3. The van der Waals surface area contributed by atoms with Crippen LogP contribution in [-0.2, 0) is 0 Å². The summed E-state index contributed by atoms with van der Waals surface area (Å²) in [5, 5.41) is 1.78. The molecule has 2 aromatic rings. The van der Waals surface area contributed by atoms with Crippen LogP contribution in [0.25, 0.3) is 0 Å². The van der Waals surface area contributed by atoms with E-state index in [1.165, 1.54) is 18.1 Å². The molecule has 2 N–H and O–H groups in total. The zero-order chi connectivity index (χ0) is 11.4. The Hall–Kier alpha value is -1.46. The van der Waals surface area contributed by atoms with Crippen molar-refractivity contribution in [2.75, 3.05) is 0 Å². The first-order valence-corrected chi connectivity index (χ1v) is 5.73. The molecular weight excluding hydrogens is 220 g/mol. The molecule has 0 aliphatic heterocycles. The fourth-order valence-corrected chi connectivity index (χ4v) is 1.96. The van der Waals surface area contributed by atoms with Gasteiger partial charge in [-0.05, 0) is 42.4 Å².